The fourth-order valence-electron chi connectivity index (χ4n) is 1.15. The molecular formula is C11H16ClNO. The summed E-state index contributed by atoms with van der Waals surface area (Å²) in [7, 11) is 1.94. The maximum atomic E-state index is 5.77. The zero-order chi connectivity index (χ0) is 10.4. The fraction of sp³-hybridized carbons (Fsp3) is 0.455. The highest BCUT2D eigenvalue weighted by atomic mass is 35.5. The van der Waals surface area contributed by atoms with E-state index in [9.17, 15) is 0 Å². The summed E-state index contributed by atoms with van der Waals surface area (Å²) in [6, 6.07) is 7.44. The molecule has 1 rings (SSSR count). The molecule has 14 heavy (non-hydrogen) atoms. The van der Waals surface area contributed by atoms with Gasteiger partial charge >= 0.3 is 0 Å². The van der Waals surface area contributed by atoms with E-state index in [0.29, 0.717) is 0 Å². The van der Waals surface area contributed by atoms with Crippen LogP contribution < -0.4 is 10.1 Å². The molecule has 1 unspecified atom stereocenters. The van der Waals surface area contributed by atoms with Crippen LogP contribution in [0.25, 0.3) is 0 Å². The molecule has 0 heterocycles. The van der Waals surface area contributed by atoms with Crippen molar-refractivity contribution in [2.24, 2.45) is 0 Å². The number of rotatable bonds is 5. The van der Waals surface area contributed by atoms with Gasteiger partial charge in [-0.1, -0.05) is 11.6 Å². The second-order valence-corrected chi connectivity index (χ2v) is 3.71. The largest absolute Gasteiger partial charge is 0.491 e. The first-order chi connectivity index (χ1) is 6.72. The van der Waals surface area contributed by atoms with Crippen LogP contribution in [-0.4, -0.2) is 19.7 Å². The molecular weight excluding hydrogens is 198 g/mol. The quantitative estimate of drug-likeness (QED) is 0.812. The molecule has 3 heteroatoms. The number of hydrogen-bond acceptors (Lipinski definition) is 2. The molecule has 0 aliphatic carbocycles. The smallest absolute Gasteiger partial charge is 0.119 e. The highest BCUT2D eigenvalue weighted by molar-refractivity contribution is 6.30. The van der Waals surface area contributed by atoms with E-state index < -0.39 is 0 Å². The van der Waals surface area contributed by atoms with Gasteiger partial charge in [0.1, 0.15) is 5.75 Å². The molecule has 0 spiro atoms. The minimum Gasteiger partial charge on any atom is -0.491 e. The van der Waals surface area contributed by atoms with Crippen LogP contribution in [0, 0.1) is 0 Å². The van der Waals surface area contributed by atoms with E-state index in [0.717, 1.165) is 23.7 Å². The normalized spacial score (nSPS) is 12.5. The number of nitrogens with one attached hydrogen (secondary N) is 1. The maximum absolute atomic E-state index is 5.77. The maximum Gasteiger partial charge on any atom is 0.119 e. The Morgan fingerprint density at radius 1 is 1.36 bits per heavy atom. The summed E-state index contributed by atoms with van der Waals surface area (Å²) < 4.78 is 5.67. The highest BCUT2D eigenvalue weighted by Gasteiger charge is 2.02. The second-order valence-electron chi connectivity index (χ2n) is 3.27. The first kappa shape index (κ1) is 11.3. The van der Waals surface area contributed by atoms with Crippen molar-refractivity contribution in [1.82, 2.24) is 5.32 Å². The first-order valence-corrected chi connectivity index (χ1v) is 5.17. The molecule has 0 bridgehead atoms. The van der Waals surface area contributed by atoms with E-state index in [-0.39, 0.29) is 6.10 Å². The van der Waals surface area contributed by atoms with E-state index in [2.05, 4.69) is 12.2 Å². The molecule has 0 aliphatic rings. The lowest BCUT2D eigenvalue weighted by molar-refractivity contribution is 0.211. The van der Waals surface area contributed by atoms with Gasteiger partial charge in [0.15, 0.2) is 0 Å². The van der Waals surface area contributed by atoms with Crippen molar-refractivity contribution >= 4 is 11.6 Å². The van der Waals surface area contributed by atoms with Crippen LogP contribution in [0.1, 0.15) is 13.3 Å². The van der Waals surface area contributed by atoms with Crippen molar-refractivity contribution in [1.29, 1.82) is 0 Å². The molecule has 0 radical (unpaired) electrons. The van der Waals surface area contributed by atoms with Gasteiger partial charge in [0.25, 0.3) is 0 Å². The molecule has 2 nitrogen and oxygen atoms in total. The fourth-order valence-corrected chi connectivity index (χ4v) is 1.28. The molecule has 78 valence electrons. The molecule has 0 saturated carbocycles. The molecule has 1 N–H and O–H groups in total. The van der Waals surface area contributed by atoms with E-state index in [1.165, 1.54) is 0 Å². The van der Waals surface area contributed by atoms with Crippen LogP contribution >= 0.6 is 11.6 Å². The van der Waals surface area contributed by atoms with Crippen LogP contribution in [-0.2, 0) is 0 Å². The Kier molecular flexibility index (Phi) is 4.77. The molecule has 0 fully saturated rings. The van der Waals surface area contributed by atoms with Gasteiger partial charge in [0, 0.05) is 5.02 Å². The van der Waals surface area contributed by atoms with Crippen LogP contribution in [0.5, 0.6) is 5.75 Å². The molecule has 0 aromatic heterocycles. The monoisotopic (exact) mass is 213 g/mol. The van der Waals surface area contributed by atoms with Gasteiger partial charge in [0.2, 0.25) is 0 Å². The highest BCUT2D eigenvalue weighted by Crippen LogP contribution is 2.17. The minimum atomic E-state index is 0.226. The van der Waals surface area contributed by atoms with Gasteiger partial charge in [0.05, 0.1) is 6.10 Å². The SMILES string of the molecule is CNCCC(C)Oc1ccc(Cl)cc1. The molecule has 0 amide bonds. The Bertz CT molecular complexity index is 260. The molecule has 1 aromatic carbocycles. The zero-order valence-electron chi connectivity index (χ0n) is 8.59. The van der Waals surface area contributed by atoms with E-state index >= 15 is 0 Å². The third-order valence-corrected chi connectivity index (χ3v) is 2.20. The van der Waals surface area contributed by atoms with Gasteiger partial charge in [-0.05, 0) is 51.2 Å². The van der Waals surface area contributed by atoms with Crippen LogP contribution in [0.15, 0.2) is 24.3 Å². The van der Waals surface area contributed by atoms with Crippen molar-refractivity contribution in [2.45, 2.75) is 19.4 Å². The lowest BCUT2D eigenvalue weighted by atomic mass is 10.3. The number of benzene rings is 1. The molecule has 0 aliphatic heterocycles. The predicted octanol–water partition coefficient (Wildman–Crippen LogP) is 2.72. The zero-order valence-corrected chi connectivity index (χ0v) is 9.34. The number of halogens is 1. The van der Waals surface area contributed by atoms with Gasteiger partial charge in [-0.25, -0.2) is 0 Å². The second kappa shape index (κ2) is 5.89. The Balaban J connectivity index is 2.39. The molecule has 1 aromatic rings. The predicted molar refractivity (Wildman–Crippen MR) is 60.1 cm³/mol. The summed E-state index contributed by atoms with van der Waals surface area (Å²) >= 11 is 5.77. The third-order valence-electron chi connectivity index (χ3n) is 1.95. The third kappa shape index (κ3) is 3.99. The van der Waals surface area contributed by atoms with Crippen molar-refractivity contribution in [2.75, 3.05) is 13.6 Å². The molecule has 0 saturated heterocycles. The Labute approximate surface area is 90.2 Å². The minimum absolute atomic E-state index is 0.226. The standard InChI is InChI=1S/C11H16ClNO/c1-9(7-8-13-2)14-11-5-3-10(12)4-6-11/h3-6,9,13H,7-8H2,1-2H3. The molecule has 1 atom stereocenters. The summed E-state index contributed by atoms with van der Waals surface area (Å²) in [6.45, 7) is 3.03. The summed E-state index contributed by atoms with van der Waals surface area (Å²) in [5, 5.41) is 3.83. The first-order valence-electron chi connectivity index (χ1n) is 4.79. The topological polar surface area (TPSA) is 21.3 Å². The van der Waals surface area contributed by atoms with Crippen molar-refractivity contribution in [3.8, 4) is 5.75 Å². The van der Waals surface area contributed by atoms with E-state index in [1.807, 2.05) is 31.3 Å². The average Bonchev–Trinajstić information content (AvgIpc) is 2.18. The van der Waals surface area contributed by atoms with Gasteiger partial charge < -0.3 is 10.1 Å². The van der Waals surface area contributed by atoms with Crippen molar-refractivity contribution in [3.05, 3.63) is 29.3 Å². The van der Waals surface area contributed by atoms with E-state index in [4.69, 9.17) is 16.3 Å². The number of hydrogen-bond donors (Lipinski definition) is 1. The average molecular weight is 214 g/mol. The summed E-state index contributed by atoms with van der Waals surface area (Å²) in [6.07, 6.45) is 1.22. The van der Waals surface area contributed by atoms with Gasteiger partial charge in [-0.2, -0.15) is 0 Å². The van der Waals surface area contributed by atoms with Gasteiger partial charge in [-0.3, -0.25) is 0 Å². The van der Waals surface area contributed by atoms with Crippen LogP contribution in [0.4, 0.5) is 0 Å². The van der Waals surface area contributed by atoms with Crippen molar-refractivity contribution in [3.63, 3.8) is 0 Å². The summed E-state index contributed by atoms with van der Waals surface area (Å²) in [5.41, 5.74) is 0. The Morgan fingerprint density at radius 2 is 2.00 bits per heavy atom. The summed E-state index contributed by atoms with van der Waals surface area (Å²) in [4.78, 5) is 0. The Hall–Kier alpha value is -0.730. The lowest BCUT2D eigenvalue weighted by Crippen LogP contribution is -2.19. The van der Waals surface area contributed by atoms with Crippen LogP contribution in [0.3, 0.4) is 0 Å². The van der Waals surface area contributed by atoms with Crippen LogP contribution in [0.2, 0.25) is 5.02 Å². The Morgan fingerprint density at radius 3 is 2.57 bits per heavy atom. The summed E-state index contributed by atoms with van der Waals surface area (Å²) in [5.74, 6) is 0.873. The van der Waals surface area contributed by atoms with Gasteiger partial charge in [-0.15, -0.1) is 0 Å². The van der Waals surface area contributed by atoms with E-state index in [1.54, 1.807) is 0 Å². The number of ether oxygens (including phenoxy) is 1. The lowest BCUT2D eigenvalue weighted by Gasteiger charge is -2.14. The van der Waals surface area contributed by atoms with Crippen molar-refractivity contribution < 1.29 is 4.74 Å².